The lowest BCUT2D eigenvalue weighted by Gasteiger charge is -2.34. The quantitative estimate of drug-likeness (QED) is 0.696. The zero-order chi connectivity index (χ0) is 16.1. The second kappa shape index (κ2) is 7.11. The van der Waals surface area contributed by atoms with E-state index in [1.54, 1.807) is 0 Å². The van der Waals surface area contributed by atoms with E-state index in [0.29, 0.717) is 19.4 Å². The first-order valence-corrected chi connectivity index (χ1v) is 7.62. The second-order valence-electron chi connectivity index (χ2n) is 6.89. The monoisotopic (exact) mass is 299 g/mol. The number of carbonyl (C=O) groups excluding carboxylic acids is 1. The van der Waals surface area contributed by atoms with Crippen molar-refractivity contribution >= 4 is 12.0 Å². The number of carbonyl (C=O) groups is 2. The maximum Gasteiger partial charge on any atom is 0.314 e. The molecule has 0 atom stereocenters. The number of likely N-dealkylation sites (N-methyl/N-ethyl adjacent to an activating group) is 1. The molecule has 3 N–H and O–H groups in total. The highest BCUT2D eigenvalue weighted by atomic mass is 16.4. The number of urea groups is 1. The molecule has 6 heteroatoms. The zero-order valence-electron chi connectivity index (χ0n) is 13.7. The Morgan fingerprint density at radius 2 is 1.71 bits per heavy atom. The third-order valence-corrected chi connectivity index (χ3v) is 4.74. The molecule has 6 nitrogen and oxygen atoms in total. The number of nitrogens with one attached hydrogen (secondary N) is 2. The lowest BCUT2D eigenvalue weighted by molar-refractivity contribution is -0.150. The maximum absolute atomic E-state index is 11.9. The number of amides is 2. The van der Waals surface area contributed by atoms with Gasteiger partial charge in [0, 0.05) is 18.6 Å². The van der Waals surface area contributed by atoms with Gasteiger partial charge in [0.25, 0.3) is 0 Å². The third kappa shape index (κ3) is 4.88. The van der Waals surface area contributed by atoms with Gasteiger partial charge in [-0.2, -0.15) is 0 Å². The molecule has 0 aromatic heterocycles. The van der Waals surface area contributed by atoms with E-state index < -0.39 is 11.4 Å². The van der Waals surface area contributed by atoms with E-state index in [1.165, 1.54) is 0 Å². The van der Waals surface area contributed by atoms with Crippen LogP contribution in [0, 0.1) is 5.41 Å². The van der Waals surface area contributed by atoms with E-state index in [2.05, 4.69) is 10.6 Å². The molecule has 21 heavy (non-hydrogen) atoms. The van der Waals surface area contributed by atoms with Crippen LogP contribution in [0.4, 0.5) is 4.79 Å². The summed E-state index contributed by atoms with van der Waals surface area (Å²) in [5.74, 6) is -0.795. The number of hydrogen-bond donors (Lipinski definition) is 3. The van der Waals surface area contributed by atoms with Crippen molar-refractivity contribution in [1.82, 2.24) is 15.5 Å². The van der Waals surface area contributed by atoms with Crippen LogP contribution in [0.2, 0.25) is 0 Å². The normalized spacial score (nSPS) is 18.3. The summed E-state index contributed by atoms with van der Waals surface area (Å²) in [5.41, 5.74) is -0.931. The van der Waals surface area contributed by atoms with Gasteiger partial charge >= 0.3 is 12.0 Å². The largest absolute Gasteiger partial charge is 0.481 e. The van der Waals surface area contributed by atoms with Crippen LogP contribution in [-0.4, -0.2) is 54.7 Å². The Balaban J connectivity index is 2.46. The first-order valence-electron chi connectivity index (χ1n) is 7.62. The Labute approximate surface area is 127 Å². The van der Waals surface area contributed by atoms with Gasteiger partial charge in [0.2, 0.25) is 0 Å². The summed E-state index contributed by atoms with van der Waals surface area (Å²) in [4.78, 5) is 25.4. The molecule has 2 amide bonds. The molecule has 0 saturated heterocycles. The van der Waals surface area contributed by atoms with Crippen LogP contribution in [-0.2, 0) is 4.79 Å². The van der Waals surface area contributed by atoms with Gasteiger partial charge in [0.05, 0.1) is 5.41 Å². The van der Waals surface area contributed by atoms with Gasteiger partial charge < -0.3 is 20.6 Å². The standard InChI is InChI=1S/C15H29N3O3/c1-14(2,18(3)4)10-16-13(21)17-11-15(12(19)20)8-6-5-7-9-15/h5-11H2,1-4H3,(H,19,20)(H2,16,17,21). The van der Waals surface area contributed by atoms with Crippen LogP contribution >= 0.6 is 0 Å². The average Bonchev–Trinajstić information content (AvgIpc) is 2.43. The lowest BCUT2D eigenvalue weighted by Crippen LogP contribution is -2.52. The Bertz CT molecular complexity index is 374. The van der Waals surface area contributed by atoms with Crippen LogP contribution in [0.25, 0.3) is 0 Å². The number of aliphatic carboxylic acids is 1. The molecule has 1 rings (SSSR count). The van der Waals surface area contributed by atoms with Crippen molar-refractivity contribution in [2.45, 2.75) is 51.5 Å². The Morgan fingerprint density at radius 3 is 2.19 bits per heavy atom. The summed E-state index contributed by atoms with van der Waals surface area (Å²) in [7, 11) is 3.92. The van der Waals surface area contributed by atoms with E-state index in [9.17, 15) is 14.7 Å². The number of nitrogens with zero attached hydrogens (tertiary/aromatic N) is 1. The first kappa shape index (κ1) is 17.8. The topological polar surface area (TPSA) is 81.7 Å². The molecule has 0 unspecified atom stereocenters. The highest BCUT2D eigenvalue weighted by molar-refractivity contribution is 5.78. The summed E-state index contributed by atoms with van der Waals surface area (Å²) in [6, 6.07) is -0.295. The fourth-order valence-corrected chi connectivity index (χ4v) is 2.46. The van der Waals surface area contributed by atoms with Crippen LogP contribution in [0.15, 0.2) is 0 Å². The predicted molar refractivity (Wildman–Crippen MR) is 82.3 cm³/mol. The molecule has 1 saturated carbocycles. The van der Waals surface area contributed by atoms with Crippen molar-refractivity contribution in [3.8, 4) is 0 Å². The fourth-order valence-electron chi connectivity index (χ4n) is 2.46. The Kier molecular flexibility index (Phi) is 6.01. The number of rotatable bonds is 6. The molecule has 1 aliphatic carbocycles. The molecule has 1 aliphatic rings. The van der Waals surface area contributed by atoms with Gasteiger partial charge in [-0.05, 0) is 40.8 Å². The summed E-state index contributed by atoms with van der Waals surface area (Å²) in [6.07, 6.45) is 4.21. The minimum Gasteiger partial charge on any atom is -0.481 e. The lowest BCUT2D eigenvalue weighted by atomic mass is 9.74. The van der Waals surface area contributed by atoms with Crippen molar-refractivity contribution in [3.05, 3.63) is 0 Å². The maximum atomic E-state index is 11.9. The van der Waals surface area contributed by atoms with Crippen LogP contribution in [0.5, 0.6) is 0 Å². The van der Waals surface area contributed by atoms with E-state index in [4.69, 9.17) is 0 Å². The highest BCUT2D eigenvalue weighted by Crippen LogP contribution is 2.35. The molecule has 0 aromatic carbocycles. The minimum atomic E-state index is -0.795. The van der Waals surface area contributed by atoms with Gasteiger partial charge in [-0.1, -0.05) is 19.3 Å². The van der Waals surface area contributed by atoms with Gasteiger partial charge in [0.15, 0.2) is 0 Å². The summed E-state index contributed by atoms with van der Waals surface area (Å²) >= 11 is 0. The molecule has 122 valence electrons. The fraction of sp³-hybridized carbons (Fsp3) is 0.867. The smallest absolute Gasteiger partial charge is 0.314 e. The molecular weight excluding hydrogens is 270 g/mol. The molecule has 1 fully saturated rings. The molecule has 0 aromatic rings. The molecule has 0 bridgehead atoms. The average molecular weight is 299 g/mol. The molecule has 0 radical (unpaired) electrons. The SMILES string of the molecule is CN(C)C(C)(C)CNC(=O)NCC1(C(=O)O)CCCCC1. The van der Waals surface area contributed by atoms with E-state index >= 15 is 0 Å². The molecule has 0 aliphatic heterocycles. The number of carboxylic acids is 1. The number of hydrogen-bond acceptors (Lipinski definition) is 3. The van der Waals surface area contributed by atoms with Crippen LogP contribution < -0.4 is 10.6 Å². The summed E-state index contributed by atoms with van der Waals surface area (Å²) < 4.78 is 0. The van der Waals surface area contributed by atoms with Crippen LogP contribution in [0.1, 0.15) is 46.0 Å². The van der Waals surface area contributed by atoms with Crippen molar-refractivity contribution in [2.75, 3.05) is 27.2 Å². The molecule has 0 heterocycles. The molecular formula is C15H29N3O3. The van der Waals surface area contributed by atoms with E-state index in [-0.39, 0.29) is 18.1 Å². The molecule has 0 spiro atoms. The van der Waals surface area contributed by atoms with Gasteiger partial charge in [-0.3, -0.25) is 4.79 Å². The minimum absolute atomic E-state index is 0.146. The van der Waals surface area contributed by atoms with Crippen LogP contribution in [0.3, 0.4) is 0 Å². The zero-order valence-corrected chi connectivity index (χ0v) is 13.7. The van der Waals surface area contributed by atoms with Crippen molar-refractivity contribution in [1.29, 1.82) is 0 Å². The first-order chi connectivity index (χ1) is 9.69. The Morgan fingerprint density at radius 1 is 1.14 bits per heavy atom. The predicted octanol–water partition coefficient (Wildman–Crippen LogP) is 1.66. The van der Waals surface area contributed by atoms with Crippen molar-refractivity contribution in [3.63, 3.8) is 0 Å². The van der Waals surface area contributed by atoms with E-state index in [0.717, 1.165) is 19.3 Å². The van der Waals surface area contributed by atoms with E-state index in [1.807, 2.05) is 32.8 Å². The third-order valence-electron chi connectivity index (χ3n) is 4.74. The number of carboxylic acid groups (broad SMARTS) is 1. The van der Waals surface area contributed by atoms with Crippen molar-refractivity contribution in [2.24, 2.45) is 5.41 Å². The summed E-state index contributed by atoms with van der Waals surface area (Å²) in [5, 5.41) is 15.0. The second-order valence-corrected chi connectivity index (χ2v) is 6.89. The van der Waals surface area contributed by atoms with Gasteiger partial charge in [0.1, 0.15) is 0 Å². The highest BCUT2D eigenvalue weighted by Gasteiger charge is 2.39. The van der Waals surface area contributed by atoms with Gasteiger partial charge in [-0.25, -0.2) is 4.79 Å². The Hall–Kier alpha value is -1.30. The van der Waals surface area contributed by atoms with Gasteiger partial charge in [-0.15, -0.1) is 0 Å². The summed E-state index contributed by atoms with van der Waals surface area (Å²) in [6.45, 7) is 4.78. The van der Waals surface area contributed by atoms with Crippen molar-refractivity contribution < 1.29 is 14.7 Å².